The molecule has 0 saturated carbocycles. The van der Waals surface area contributed by atoms with Gasteiger partial charge in [-0.1, -0.05) is 0 Å². The third-order valence-corrected chi connectivity index (χ3v) is 2.65. The molecule has 84 valence electrons. The van der Waals surface area contributed by atoms with Crippen molar-refractivity contribution < 1.29 is 9.84 Å². The molecule has 0 amide bonds. The van der Waals surface area contributed by atoms with Gasteiger partial charge in [-0.05, 0) is 35.0 Å². The van der Waals surface area contributed by atoms with Gasteiger partial charge in [-0.2, -0.15) is 0 Å². The van der Waals surface area contributed by atoms with Crippen LogP contribution < -0.4 is 5.56 Å². The van der Waals surface area contributed by atoms with E-state index in [9.17, 15) is 4.79 Å². The Morgan fingerprint density at radius 1 is 1.67 bits per heavy atom. The van der Waals surface area contributed by atoms with E-state index in [0.29, 0.717) is 17.7 Å². The van der Waals surface area contributed by atoms with Crippen molar-refractivity contribution in [3.63, 3.8) is 0 Å². The van der Waals surface area contributed by atoms with Gasteiger partial charge in [0.1, 0.15) is 0 Å². The number of aliphatic hydroxyl groups is 1. The third-order valence-electron chi connectivity index (χ3n) is 2.05. The lowest BCUT2D eigenvalue weighted by atomic mass is 10.3. The van der Waals surface area contributed by atoms with E-state index in [-0.39, 0.29) is 18.2 Å². The summed E-state index contributed by atoms with van der Waals surface area (Å²) in [5, 5.41) is 9.17. The topological polar surface area (TPSA) is 51.5 Å². The molecule has 0 spiro atoms. The summed E-state index contributed by atoms with van der Waals surface area (Å²) in [6.07, 6.45) is 1.65. The Balaban J connectivity index is 2.91. The summed E-state index contributed by atoms with van der Waals surface area (Å²) in [5.41, 5.74) is -0.156. The Morgan fingerprint density at radius 2 is 2.40 bits per heavy atom. The number of aliphatic hydroxyl groups excluding tert-OH is 1. The zero-order valence-electron chi connectivity index (χ0n) is 8.52. The maximum atomic E-state index is 11.7. The first kappa shape index (κ1) is 12.4. The smallest absolute Gasteiger partial charge is 0.265 e. The first-order valence-electron chi connectivity index (χ1n) is 4.76. The molecule has 0 radical (unpaired) electrons. The number of aromatic nitrogens is 1. The minimum Gasteiger partial charge on any atom is -0.394 e. The second-order valence-corrected chi connectivity index (χ2v) is 3.92. The summed E-state index contributed by atoms with van der Waals surface area (Å²) in [5.74, 6) is 0. The van der Waals surface area contributed by atoms with Crippen molar-refractivity contribution in [3.05, 3.63) is 33.2 Å². The Bertz CT molecular complexity index is 364. The highest BCUT2D eigenvalue weighted by atomic mass is 79.9. The second kappa shape index (κ2) is 6.05. The quantitative estimate of drug-likeness (QED) is 0.878. The highest BCUT2D eigenvalue weighted by molar-refractivity contribution is 9.10. The summed E-state index contributed by atoms with van der Waals surface area (Å²) in [6, 6.07) is 3.10. The van der Waals surface area contributed by atoms with Crippen molar-refractivity contribution in [1.82, 2.24) is 4.57 Å². The lowest BCUT2D eigenvalue weighted by molar-refractivity contribution is 0.0837. The normalized spacial score (nSPS) is 12.7. The van der Waals surface area contributed by atoms with Gasteiger partial charge in [0.05, 0.1) is 23.7 Å². The van der Waals surface area contributed by atoms with Crippen LogP contribution in [-0.2, 0) is 4.74 Å². The summed E-state index contributed by atoms with van der Waals surface area (Å²) in [4.78, 5) is 11.7. The molecule has 0 aliphatic carbocycles. The van der Waals surface area contributed by atoms with Gasteiger partial charge in [-0.25, -0.2) is 0 Å². The average Bonchev–Trinajstić information content (AvgIpc) is 2.25. The van der Waals surface area contributed by atoms with Crippen LogP contribution in [0, 0.1) is 0 Å². The van der Waals surface area contributed by atoms with Crippen LogP contribution in [0.25, 0.3) is 0 Å². The third kappa shape index (κ3) is 3.15. The minimum absolute atomic E-state index is 0.115. The zero-order chi connectivity index (χ0) is 11.3. The molecule has 5 heteroatoms. The number of halogens is 1. The predicted octanol–water partition coefficient (Wildman–Crippen LogP) is 1.18. The van der Waals surface area contributed by atoms with Crippen LogP contribution in [0.15, 0.2) is 27.6 Å². The van der Waals surface area contributed by atoms with E-state index >= 15 is 0 Å². The summed E-state index contributed by atoms with van der Waals surface area (Å²) < 4.78 is 7.16. The van der Waals surface area contributed by atoms with Crippen LogP contribution in [0.3, 0.4) is 0 Å². The van der Waals surface area contributed by atoms with Gasteiger partial charge < -0.3 is 14.4 Å². The Morgan fingerprint density at radius 3 is 3.00 bits per heavy atom. The molecule has 4 nitrogen and oxygen atoms in total. The van der Waals surface area contributed by atoms with Crippen LogP contribution in [0.5, 0.6) is 0 Å². The van der Waals surface area contributed by atoms with Crippen molar-refractivity contribution in [2.24, 2.45) is 0 Å². The SMILES string of the molecule is CCOCC(CO)n1cccc(Br)c1=O. The molecule has 1 aromatic heterocycles. The van der Waals surface area contributed by atoms with E-state index in [1.165, 1.54) is 4.57 Å². The van der Waals surface area contributed by atoms with E-state index in [1.54, 1.807) is 18.3 Å². The van der Waals surface area contributed by atoms with Gasteiger partial charge >= 0.3 is 0 Å². The van der Waals surface area contributed by atoms with Gasteiger partial charge in [0.2, 0.25) is 0 Å². The molecule has 0 saturated heterocycles. The van der Waals surface area contributed by atoms with Crippen LogP contribution in [-0.4, -0.2) is 29.5 Å². The minimum atomic E-state index is -0.324. The molecule has 0 fully saturated rings. The largest absolute Gasteiger partial charge is 0.394 e. The van der Waals surface area contributed by atoms with Gasteiger partial charge in [-0.3, -0.25) is 4.79 Å². The molecule has 0 aromatic carbocycles. The molecule has 0 aliphatic heterocycles. The van der Waals surface area contributed by atoms with Gasteiger partial charge in [0.15, 0.2) is 0 Å². The van der Waals surface area contributed by atoms with E-state index in [0.717, 1.165) is 0 Å². The van der Waals surface area contributed by atoms with Crippen LogP contribution in [0.4, 0.5) is 0 Å². The molecule has 0 aliphatic rings. The molecular formula is C10H14BrNO3. The van der Waals surface area contributed by atoms with E-state index in [4.69, 9.17) is 9.84 Å². The van der Waals surface area contributed by atoms with E-state index in [2.05, 4.69) is 15.9 Å². The summed E-state index contributed by atoms with van der Waals surface area (Å²) in [6.45, 7) is 2.66. The van der Waals surface area contributed by atoms with Gasteiger partial charge in [-0.15, -0.1) is 0 Å². The van der Waals surface area contributed by atoms with Crippen LogP contribution in [0.1, 0.15) is 13.0 Å². The van der Waals surface area contributed by atoms with Crippen molar-refractivity contribution >= 4 is 15.9 Å². The predicted molar refractivity (Wildman–Crippen MR) is 61.0 cm³/mol. The van der Waals surface area contributed by atoms with Gasteiger partial charge in [0.25, 0.3) is 5.56 Å². The van der Waals surface area contributed by atoms with Crippen molar-refractivity contribution in [3.8, 4) is 0 Å². The average molecular weight is 276 g/mol. The Labute approximate surface area is 96.6 Å². The first-order chi connectivity index (χ1) is 7.20. The molecule has 1 heterocycles. The fourth-order valence-electron chi connectivity index (χ4n) is 1.24. The lowest BCUT2D eigenvalue weighted by Gasteiger charge is -2.17. The van der Waals surface area contributed by atoms with E-state index < -0.39 is 0 Å². The number of pyridine rings is 1. The molecule has 15 heavy (non-hydrogen) atoms. The maximum Gasteiger partial charge on any atom is 0.265 e. The van der Waals surface area contributed by atoms with Crippen LogP contribution >= 0.6 is 15.9 Å². The summed E-state index contributed by atoms with van der Waals surface area (Å²) >= 11 is 3.16. The van der Waals surface area contributed by atoms with Crippen LogP contribution in [0.2, 0.25) is 0 Å². The summed E-state index contributed by atoms with van der Waals surface area (Å²) in [7, 11) is 0. The molecule has 1 atom stereocenters. The first-order valence-corrected chi connectivity index (χ1v) is 5.55. The maximum absolute atomic E-state index is 11.7. The number of rotatable bonds is 5. The second-order valence-electron chi connectivity index (χ2n) is 3.06. The van der Waals surface area contributed by atoms with Gasteiger partial charge in [0, 0.05) is 12.8 Å². The molecule has 1 aromatic rings. The number of hydrogen-bond donors (Lipinski definition) is 1. The number of nitrogens with zero attached hydrogens (tertiary/aromatic N) is 1. The monoisotopic (exact) mass is 275 g/mol. The molecular weight excluding hydrogens is 262 g/mol. The molecule has 1 N–H and O–H groups in total. The lowest BCUT2D eigenvalue weighted by Crippen LogP contribution is -2.29. The van der Waals surface area contributed by atoms with Crippen molar-refractivity contribution in [2.45, 2.75) is 13.0 Å². The van der Waals surface area contributed by atoms with E-state index in [1.807, 2.05) is 6.92 Å². The highest BCUT2D eigenvalue weighted by Crippen LogP contribution is 2.07. The molecule has 0 bridgehead atoms. The number of hydrogen-bond acceptors (Lipinski definition) is 3. The highest BCUT2D eigenvalue weighted by Gasteiger charge is 2.12. The fraction of sp³-hybridized carbons (Fsp3) is 0.500. The standard InChI is InChI=1S/C10H14BrNO3/c1-2-15-7-8(6-13)12-5-3-4-9(11)10(12)14/h3-5,8,13H,2,6-7H2,1H3. The number of ether oxygens (including phenoxy) is 1. The molecule has 1 unspecified atom stereocenters. The fourth-order valence-corrected chi connectivity index (χ4v) is 1.60. The molecule has 1 rings (SSSR count). The zero-order valence-corrected chi connectivity index (χ0v) is 10.1. The van der Waals surface area contributed by atoms with Crippen molar-refractivity contribution in [2.75, 3.05) is 19.8 Å². The van der Waals surface area contributed by atoms with Crippen molar-refractivity contribution in [1.29, 1.82) is 0 Å². The Kier molecular flexibility index (Phi) is 5.01. The Hall–Kier alpha value is -0.650.